The molecule has 0 bridgehead atoms. The van der Waals surface area contributed by atoms with Crippen LogP contribution in [0.4, 0.5) is 5.69 Å². The summed E-state index contributed by atoms with van der Waals surface area (Å²) in [6.45, 7) is 6.37. The fourth-order valence-electron chi connectivity index (χ4n) is 2.63. The third kappa shape index (κ3) is 5.99. The molecule has 0 fully saturated rings. The number of sulfonamides is 1. The summed E-state index contributed by atoms with van der Waals surface area (Å²) in [4.78, 5) is 12.4. The van der Waals surface area contributed by atoms with Gasteiger partial charge in [0.25, 0.3) is 15.9 Å². The first kappa shape index (κ1) is 20.8. The normalized spacial score (nSPS) is 12.3. The molecule has 7 heteroatoms. The quantitative estimate of drug-likeness (QED) is 0.682. The predicted molar refractivity (Wildman–Crippen MR) is 107 cm³/mol. The van der Waals surface area contributed by atoms with Crippen LogP contribution in [0.15, 0.2) is 53.4 Å². The summed E-state index contributed by atoms with van der Waals surface area (Å²) in [7, 11) is -3.76. The van der Waals surface area contributed by atoms with E-state index in [0.29, 0.717) is 23.6 Å². The molecule has 27 heavy (non-hydrogen) atoms. The summed E-state index contributed by atoms with van der Waals surface area (Å²) in [5.74, 6) is 0.384. The molecule has 2 aromatic carbocycles. The lowest BCUT2D eigenvalue weighted by Crippen LogP contribution is -2.32. The first-order valence-electron chi connectivity index (χ1n) is 9.02. The average molecular weight is 391 g/mol. The number of rotatable bonds is 9. The van der Waals surface area contributed by atoms with E-state index in [1.807, 2.05) is 13.8 Å². The minimum Gasteiger partial charge on any atom is -0.494 e. The van der Waals surface area contributed by atoms with E-state index in [1.165, 1.54) is 18.2 Å². The minimum absolute atomic E-state index is 0.0618. The Morgan fingerprint density at radius 1 is 1.11 bits per heavy atom. The third-order valence-electron chi connectivity index (χ3n) is 3.92. The smallest absolute Gasteiger partial charge is 0.261 e. The third-order valence-corrected chi connectivity index (χ3v) is 5.32. The van der Waals surface area contributed by atoms with Crippen molar-refractivity contribution < 1.29 is 17.9 Å². The van der Waals surface area contributed by atoms with Crippen LogP contribution >= 0.6 is 0 Å². The van der Waals surface area contributed by atoms with Crippen LogP contribution in [-0.2, 0) is 10.0 Å². The van der Waals surface area contributed by atoms with Gasteiger partial charge in [0.2, 0.25) is 0 Å². The summed E-state index contributed by atoms with van der Waals surface area (Å²) in [5, 5.41) is 2.91. The number of nitrogens with one attached hydrogen (secondary N) is 2. The van der Waals surface area contributed by atoms with Gasteiger partial charge in [-0.15, -0.1) is 0 Å². The van der Waals surface area contributed by atoms with Gasteiger partial charge < -0.3 is 10.1 Å². The Bertz CT molecular complexity index is 864. The molecule has 0 radical (unpaired) electrons. The van der Waals surface area contributed by atoms with Crippen molar-refractivity contribution in [3.8, 4) is 5.75 Å². The molecule has 6 nitrogen and oxygen atoms in total. The Morgan fingerprint density at radius 2 is 1.81 bits per heavy atom. The molecule has 1 atom stereocenters. The van der Waals surface area contributed by atoms with E-state index in [1.54, 1.807) is 30.3 Å². The van der Waals surface area contributed by atoms with E-state index >= 15 is 0 Å². The number of hydrogen-bond donors (Lipinski definition) is 2. The molecule has 0 spiro atoms. The summed E-state index contributed by atoms with van der Waals surface area (Å²) in [6.07, 6.45) is 1.86. The number of carbonyl (C=O) groups is 1. The molecule has 1 amide bonds. The number of hydrogen-bond acceptors (Lipinski definition) is 4. The largest absolute Gasteiger partial charge is 0.494 e. The highest BCUT2D eigenvalue weighted by molar-refractivity contribution is 7.92. The molecule has 0 saturated carbocycles. The van der Waals surface area contributed by atoms with Crippen LogP contribution < -0.4 is 14.8 Å². The van der Waals surface area contributed by atoms with Crippen molar-refractivity contribution in [2.45, 2.75) is 44.6 Å². The van der Waals surface area contributed by atoms with Gasteiger partial charge in [-0.3, -0.25) is 9.52 Å². The maximum atomic E-state index is 12.6. The molecule has 2 rings (SSSR count). The van der Waals surface area contributed by atoms with Crippen molar-refractivity contribution in [2.24, 2.45) is 0 Å². The maximum absolute atomic E-state index is 12.6. The van der Waals surface area contributed by atoms with Crippen LogP contribution in [-0.4, -0.2) is 27.0 Å². The second kappa shape index (κ2) is 9.41. The standard InChI is InChI=1S/C20H26N2O4S/c1-4-7-15(3)21-20(23)16-8-6-9-17(14-16)22-27(24,25)19-12-10-18(11-13-19)26-5-2/h6,8-15,22H,4-5,7H2,1-3H3,(H,21,23). The van der Waals surface area contributed by atoms with Crippen molar-refractivity contribution in [1.29, 1.82) is 0 Å². The Labute approximate surface area is 161 Å². The fraction of sp³-hybridized carbons (Fsp3) is 0.350. The monoisotopic (exact) mass is 390 g/mol. The molecule has 2 aromatic rings. The highest BCUT2D eigenvalue weighted by Crippen LogP contribution is 2.20. The van der Waals surface area contributed by atoms with Crippen molar-refractivity contribution in [2.75, 3.05) is 11.3 Å². The Balaban J connectivity index is 2.13. The SMILES string of the molecule is CCCC(C)NC(=O)c1cccc(NS(=O)(=O)c2ccc(OCC)cc2)c1. The first-order valence-corrected chi connectivity index (χ1v) is 10.5. The van der Waals surface area contributed by atoms with Crippen LogP contribution in [0.5, 0.6) is 5.75 Å². The zero-order chi connectivity index (χ0) is 19.9. The first-order chi connectivity index (χ1) is 12.9. The summed E-state index contributed by atoms with van der Waals surface area (Å²) in [5.41, 5.74) is 0.740. The van der Waals surface area contributed by atoms with Gasteiger partial charge in [0, 0.05) is 17.3 Å². The van der Waals surface area contributed by atoms with E-state index in [-0.39, 0.29) is 16.8 Å². The van der Waals surface area contributed by atoms with Crippen LogP contribution in [0.2, 0.25) is 0 Å². The van der Waals surface area contributed by atoms with E-state index in [9.17, 15) is 13.2 Å². The highest BCUT2D eigenvalue weighted by atomic mass is 32.2. The molecule has 0 aliphatic carbocycles. The van der Waals surface area contributed by atoms with Crippen LogP contribution in [0.1, 0.15) is 44.0 Å². The fourth-order valence-corrected chi connectivity index (χ4v) is 3.68. The van der Waals surface area contributed by atoms with E-state index in [2.05, 4.69) is 17.0 Å². The number of benzene rings is 2. The zero-order valence-corrected chi connectivity index (χ0v) is 16.7. The molecule has 0 aromatic heterocycles. The second-order valence-electron chi connectivity index (χ2n) is 6.25. The molecular formula is C20H26N2O4S. The lowest BCUT2D eigenvalue weighted by Gasteiger charge is -2.14. The number of anilines is 1. The molecule has 0 heterocycles. The average Bonchev–Trinajstić information content (AvgIpc) is 2.62. The Hall–Kier alpha value is -2.54. The number of amides is 1. The van der Waals surface area contributed by atoms with Gasteiger partial charge >= 0.3 is 0 Å². The maximum Gasteiger partial charge on any atom is 0.261 e. The number of carbonyl (C=O) groups excluding carboxylic acids is 1. The molecule has 0 aliphatic heterocycles. The molecule has 1 unspecified atom stereocenters. The van der Waals surface area contributed by atoms with Gasteiger partial charge in [-0.1, -0.05) is 19.4 Å². The van der Waals surface area contributed by atoms with E-state index in [0.717, 1.165) is 12.8 Å². The topological polar surface area (TPSA) is 84.5 Å². The molecule has 146 valence electrons. The van der Waals surface area contributed by atoms with Crippen molar-refractivity contribution in [1.82, 2.24) is 5.32 Å². The van der Waals surface area contributed by atoms with Crippen LogP contribution in [0, 0.1) is 0 Å². The van der Waals surface area contributed by atoms with Crippen LogP contribution in [0.3, 0.4) is 0 Å². The second-order valence-corrected chi connectivity index (χ2v) is 7.94. The van der Waals surface area contributed by atoms with Gasteiger partial charge in [0.05, 0.1) is 11.5 Å². The van der Waals surface area contributed by atoms with Gasteiger partial charge in [-0.2, -0.15) is 0 Å². The van der Waals surface area contributed by atoms with Crippen LogP contribution in [0.25, 0.3) is 0 Å². The van der Waals surface area contributed by atoms with Gasteiger partial charge in [-0.25, -0.2) is 8.42 Å². The van der Waals surface area contributed by atoms with Crippen molar-refractivity contribution >= 4 is 21.6 Å². The summed E-state index contributed by atoms with van der Waals surface area (Å²) in [6, 6.07) is 12.7. The molecule has 2 N–H and O–H groups in total. The Kier molecular flexibility index (Phi) is 7.24. The summed E-state index contributed by atoms with van der Waals surface area (Å²) < 4.78 is 33.0. The molecule has 0 aliphatic rings. The van der Waals surface area contributed by atoms with Crippen molar-refractivity contribution in [3.63, 3.8) is 0 Å². The highest BCUT2D eigenvalue weighted by Gasteiger charge is 2.16. The zero-order valence-electron chi connectivity index (χ0n) is 15.9. The van der Waals surface area contributed by atoms with Gasteiger partial charge in [0.1, 0.15) is 5.75 Å². The minimum atomic E-state index is -3.76. The lowest BCUT2D eigenvalue weighted by molar-refractivity contribution is 0.0938. The van der Waals surface area contributed by atoms with Gasteiger partial charge in [0.15, 0.2) is 0 Å². The van der Waals surface area contributed by atoms with Crippen molar-refractivity contribution in [3.05, 3.63) is 54.1 Å². The summed E-state index contributed by atoms with van der Waals surface area (Å²) >= 11 is 0. The predicted octanol–water partition coefficient (Wildman–Crippen LogP) is 3.80. The lowest BCUT2D eigenvalue weighted by atomic mass is 10.1. The Morgan fingerprint density at radius 3 is 2.44 bits per heavy atom. The molecule has 0 saturated heterocycles. The number of ether oxygens (including phenoxy) is 1. The van der Waals surface area contributed by atoms with E-state index in [4.69, 9.17) is 4.74 Å². The van der Waals surface area contributed by atoms with Gasteiger partial charge in [-0.05, 0) is 62.7 Å². The molecular weight excluding hydrogens is 364 g/mol. The van der Waals surface area contributed by atoms with E-state index < -0.39 is 10.0 Å².